The van der Waals surface area contributed by atoms with Gasteiger partial charge in [0.1, 0.15) is 12.6 Å². The Kier molecular flexibility index (Phi) is 4.93. The van der Waals surface area contributed by atoms with Crippen LogP contribution in [-0.2, 0) is 17.9 Å². The fraction of sp³-hybridized carbons (Fsp3) is 0.500. The van der Waals surface area contributed by atoms with Crippen molar-refractivity contribution in [2.75, 3.05) is 13.1 Å². The van der Waals surface area contributed by atoms with Crippen LogP contribution in [0.25, 0.3) is 0 Å². The van der Waals surface area contributed by atoms with Crippen LogP contribution >= 0.6 is 0 Å². The standard InChI is InChI=1S/C16H21N5O3/c1-2-20-11-18-19-14(20)8-17-15(22)12-4-3-6-21(9-12)16(23)13-5-7-24-10-13/h5,7,10-12H,2-4,6,8-9H2,1H3,(H,17,22)/t12-/m1/s1. The van der Waals surface area contributed by atoms with Crippen molar-refractivity contribution in [2.45, 2.75) is 32.9 Å². The maximum absolute atomic E-state index is 12.4. The van der Waals surface area contributed by atoms with E-state index in [1.165, 1.54) is 12.5 Å². The lowest BCUT2D eigenvalue weighted by molar-refractivity contribution is -0.126. The highest BCUT2D eigenvalue weighted by atomic mass is 16.3. The van der Waals surface area contributed by atoms with Crippen LogP contribution in [0.2, 0.25) is 0 Å². The van der Waals surface area contributed by atoms with Crippen LogP contribution in [0, 0.1) is 5.92 Å². The maximum atomic E-state index is 12.4. The number of likely N-dealkylation sites (tertiary alicyclic amines) is 1. The molecule has 1 N–H and O–H groups in total. The van der Waals surface area contributed by atoms with Crippen LogP contribution in [0.1, 0.15) is 35.9 Å². The lowest BCUT2D eigenvalue weighted by atomic mass is 9.96. The second-order valence-corrected chi connectivity index (χ2v) is 5.85. The molecule has 8 heteroatoms. The normalized spacial score (nSPS) is 17.7. The van der Waals surface area contributed by atoms with Crippen molar-refractivity contribution < 1.29 is 14.0 Å². The Morgan fingerprint density at radius 2 is 2.33 bits per heavy atom. The van der Waals surface area contributed by atoms with E-state index in [1.807, 2.05) is 11.5 Å². The summed E-state index contributed by atoms with van der Waals surface area (Å²) in [6, 6.07) is 1.64. The molecular formula is C16H21N5O3. The van der Waals surface area contributed by atoms with Crippen molar-refractivity contribution in [1.82, 2.24) is 25.0 Å². The second kappa shape index (κ2) is 7.29. The smallest absolute Gasteiger partial charge is 0.257 e. The number of carbonyl (C=O) groups is 2. The highest BCUT2D eigenvalue weighted by Crippen LogP contribution is 2.19. The Bertz CT molecular complexity index is 694. The first-order valence-electron chi connectivity index (χ1n) is 8.15. The number of furan rings is 1. The third-order valence-electron chi connectivity index (χ3n) is 4.30. The zero-order valence-electron chi connectivity index (χ0n) is 13.6. The predicted molar refractivity (Wildman–Crippen MR) is 84.9 cm³/mol. The quantitative estimate of drug-likeness (QED) is 0.884. The molecular weight excluding hydrogens is 310 g/mol. The molecule has 2 aromatic rings. The van der Waals surface area contributed by atoms with E-state index in [1.54, 1.807) is 17.3 Å². The van der Waals surface area contributed by atoms with E-state index in [9.17, 15) is 9.59 Å². The molecule has 8 nitrogen and oxygen atoms in total. The zero-order chi connectivity index (χ0) is 16.9. The van der Waals surface area contributed by atoms with Crippen molar-refractivity contribution in [3.8, 4) is 0 Å². The number of piperidine rings is 1. The molecule has 0 saturated carbocycles. The van der Waals surface area contributed by atoms with Crippen molar-refractivity contribution in [3.05, 3.63) is 36.3 Å². The third-order valence-corrected chi connectivity index (χ3v) is 4.30. The van der Waals surface area contributed by atoms with Gasteiger partial charge in [0.2, 0.25) is 5.91 Å². The molecule has 1 atom stereocenters. The highest BCUT2D eigenvalue weighted by Gasteiger charge is 2.29. The summed E-state index contributed by atoms with van der Waals surface area (Å²) >= 11 is 0. The lowest BCUT2D eigenvalue weighted by Gasteiger charge is -2.31. The molecule has 0 aromatic carbocycles. The molecule has 1 fully saturated rings. The maximum Gasteiger partial charge on any atom is 0.257 e. The Balaban J connectivity index is 1.56. The van der Waals surface area contributed by atoms with Gasteiger partial charge in [-0.25, -0.2) is 0 Å². The van der Waals surface area contributed by atoms with Gasteiger partial charge in [0, 0.05) is 19.6 Å². The van der Waals surface area contributed by atoms with Crippen LogP contribution in [0.3, 0.4) is 0 Å². The van der Waals surface area contributed by atoms with Gasteiger partial charge in [0.25, 0.3) is 5.91 Å². The molecule has 128 valence electrons. The van der Waals surface area contributed by atoms with E-state index >= 15 is 0 Å². The first-order valence-corrected chi connectivity index (χ1v) is 8.15. The van der Waals surface area contributed by atoms with Gasteiger partial charge in [0.05, 0.1) is 24.3 Å². The summed E-state index contributed by atoms with van der Waals surface area (Å²) in [4.78, 5) is 26.5. The number of aryl methyl sites for hydroxylation is 1. The molecule has 0 bridgehead atoms. The Morgan fingerprint density at radius 3 is 3.08 bits per heavy atom. The van der Waals surface area contributed by atoms with Crippen molar-refractivity contribution in [2.24, 2.45) is 5.92 Å². The fourth-order valence-electron chi connectivity index (χ4n) is 2.93. The van der Waals surface area contributed by atoms with E-state index in [2.05, 4.69) is 15.5 Å². The molecule has 3 rings (SSSR count). The van der Waals surface area contributed by atoms with E-state index in [0.717, 1.165) is 25.2 Å². The molecule has 2 amide bonds. The number of nitrogens with zero attached hydrogens (tertiary/aromatic N) is 4. The molecule has 0 aliphatic carbocycles. The monoisotopic (exact) mass is 331 g/mol. The van der Waals surface area contributed by atoms with Crippen molar-refractivity contribution in [3.63, 3.8) is 0 Å². The summed E-state index contributed by atoms with van der Waals surface area (Å²) in [5.41, 5.74) is 0.520. The topological polar surface area (TPSA) is 93.3 Å². The summed E-state index contributed by atoms with van der Waals surface area (Å²) in [5, 5.41) is 10.8. The fourth-order valence-corrected chi connectivity index (χ4v) is 2.93. The molecule has 1 aliphatic rings. The van der Waals surface area contributed by atoms with Gasteiger partial charge in [-0.15, -0.1) is 10.2 Å². The van der Waals surface area contributed by atoms with Gasteiger partial charge < -0.3 is 19.2 Å². The van der Waals surface area contributed by atoms with Crippen LogP contribution in [0.15, 0.2) is 29.3 Å². The SMILES string of the molecule is CCn1cnnc1CNC(=O)[C@@H]1CCCN(C(=O)c2ccoc2)C1. The minimum Gasteiger partial charge on any atom is -0.472 e. The van der Waals surface area contributed by atoms with Gasteiger partial charge >= 0.3 is 0 Å². The van der Waals surface area contributed by atoms with Crippen molar-refractivity contribution >= 4 is 11.8 Å². The number of amides is 2. The predicted octanol–water partition coefficient (Wildman–Crippen LogP) is 1.06. The van der Waals surface area contributed by atoms with Gasteiger partial charge in [-0.2, -0.15) is 0 Å². The number of carbonyl (C=O) groups excluding carboxylic acids is 2. The number of hydrogen-bond donors (Lipinski definition) is 1. The number of hydrogen-bond acceptors (Lipinski definition) is 5. The van der Waals surface area contributed by atoms with E-state index < -0.39 is 0 Å². The summed E-state index contributed by atoms with van der Waals surface area (Å²) in [5.74, 6) is 0.387. The molecule has 24 heavy (non-hydrogen) atoms. The minimum absolute atomic E-state index is 0.0506. The van der Waals surface area contributed by atoms with Crippen molar-refractivity contribution in [1.29, 1.82) is 0 Å². The van der Waals surface area contributed by atoms with Gasteiger partial charge in [0.15, 0.2) is 5.82 Å². The van der Waals surface area contributed by atoms with Crippen LogP contribution < -0.4 is 5.32 Å². The first-order chi connectivity index (χ1) is 11.7. The van der Waals surface area contributed by atoms with Crippen LogP contribution in [0.5, 0.6) is 0 Å². The number of aromatic nitrogens is 3. The third kappa shape index (κ3) is 3.47. The van der Waals surface area contributed by atoms with Gasteiger partial charge in [-0.1, -0.05) is 0 Å². The second-order valence-electron chi connectivity index (χ2n) is 5.85. The average Bonchev–Trinajstić information content (AvgIpc) is 3.30. The lowest BCUT2D eigenvalue weighted by Crippen LogP contribution is -2.45. The zero-order valence-corrected chi connectivity index (χ0v) is 13.6. The molecule has 0 spiro atoms. The van der Waals surface area contributed by atoms with E-state index in [-0.39, 0.29) is 17.7 Å². The Hall–Kier alpha value is -2.64. The summed E-state index contributed by atoms with van der Waals surface area (Å²) in [6.07, 6.45) is 6.15. The van der Waals surface area contributed by atoms with E-state index in [4.69, 9.17) is 4.42 Å². The number of rotatable bonds is 5. The first kappa shape index (κ1) is 16.2. The minimum atomic E-state index is -0.201. The highest BCUT2D eigenvalue weighted by molar-refractivity contribution is 5.94. The number of nitrogens with one attached hydrogen (secondary N) is 1. The Morgan fingerprint density at radius 1 is 1.46 bits per heavy atom. The summed E-state index contributed by atoms with van der Waals surface area (Å²) in [7, 11) is 0. The van der Waals surface area contributed by atoms with Gasteiger partial charge in [-0.05, 0) is 25.8 Å². The molecule has 0 radical (unpaired) electrons. The molecule has 2 aromatic heterocycles. The van der Waals surface area contributed by atoms with Crippen LogP contribution in [-0.4, -0.2) is 44.6 Å². The molecule has 1 saturated heterocycles. The Labute approximate surface area is 139 Å². The molecule has 0 unspecified atom stereocenters. The summed E-state index contributed by atoms with van der Waals surface area (Å²) in [6.45, 7) is 4.19. The molecule has 3 heterocycles. The van der Waals surface area contributed by atoms with Gasteiger partial charge in [-0.3, -0.25) is 9.59 Å². The average molecular weight is 331 g/mol. The van der Waals surface area contributed by atoms with Crippen LogP contribution in [0.4, 0.5) is 0 Å². The summed E-state index contributed by atoms with van der Waals surface area (Å²) < 4.78 is 6.85. The largest absolute Gasteiger partial charge is 0.472 e. The molecule has 1 aliphatic heterocycles. The van der Waals surface area contributed by atoms with E-state index in [0.29, 0.717) is 25.2 Å².